The quantitative estimate of drug-likeness (QED) is 0.764. The average Bonchev–Trinajstić information content (AvgIpc) is 2.49. The molecule has 5 nitrogen and oxygen atoms in total. The second kappa shape index (κ2) is 6.72. The number of para-hydroxylation sites is 1. The lowest BCUT2D eigenvalue weighted by Gasteiger charge is -2.40. The van der Waals surface area contributed by atoms with Crippen LogP contribution in [0.1, 0.15) is 24.9 Å². The summed E-state index contributed by atoms with van der Waals surface area (Å²) >= 11 is 0. The summed E-state index contributed by atoms with van der Waals surface area (Å²) in [5, 5.41) is 16.1. The van der Waals surface area contributed by atoms with Gasteiger partial charge in [0.05, 0.1) is 0 Å². The van der Waals surface area contributed by atoms with Crippen molar-refractivity contribution in [2.45, 2.75) is 25.4 Å². The summed E-state index contributed by atoms with van der Waals surface area (Å²) in [5.41, 5.74) is 0.894. The van der Waals surface area contributed by atoms with Crippen LogP contribution in [0.25, 0.3) is 0 Å². The van der Waals surface area contributed by atoms with Crippen molar-refractivity contribution in [2.75, 3.05) is 26.7 Å². The van der Waals surface area contributed by atoms with Gasteiger partial charge in [0.1, 0.15) is 11.8 Å². The van der Waals surface area contributed by atoms with Crippen LogP contribution in [0.4, 0.5) is 0 Å². The van der Waals surface area contributed by atoms with Crippen LogP contribution in [0.3, 0.4) is 0 Å². The molecule has 1 saturated heterocycles. The first-order valence-electron chi connectivity index (χ1n) is 7.15. The van der Waals surface area contributed by atoms with Gasteiger partial charge in [0, 0.05) is 38.3 Å². The number of hydrogen-bond donors (Lipinski definition) is 3. The maximum absolute atomic E-state index is 12.1. The molecule has 110 valence electrons. The second-order valence-corrected chi connectivity index (χ2v) is 5.05. The molecule has 3 N–H and O–H groups in total. The predicted octanol–water partition coefficient (Wildman–Crippen LogP) is 0.863. The van der Waals surface area contributed by atoms with Crippen LogP contribution >= 0.6 is 0 Å². The number of likely N-dealkylation sites (N-methyl/N-ethyl adjacent to an activating group) is 1. The third kappa shape index (κ3) is 2.94. The van der Waals surface area contributed by atoms with Gasteiger partial charge in [-0.2, -0.15) is 0 Å². The van der Waals surface area contributed by atoms with Gasteiger partial charge in [-0.05, 0) is 12.5 Å². The van der Waals surface area contributed by atoms with Gasteiger partial charge < -0.3 is 15.7 Å². The van der Waals surface area contributed by atoms with Gasteiger partial charge in [0.2, 0.25) is 5.91 Å². The molecule has 0 aliphatic carbocycles. The first kappa shape index (κ1) is 14.8. The molecule has 1 heterocycles. The lowest BCUT2D eigenvalue weighted by atomic mass is 9.98. The van der Waals surface area contributed by atoms with Crippen molar-refractivity contribution in [3.63, 3.8) is 0 Å². The molecule has 20 heavy (non-hydrogen) atoms. The Morgan fingerprint density at radius 2 is 2.30 bits per heavy atom. The minimum Gasteiger partial charge on any atom is -0.508 e. The molecule has 2 unspecified atom stereocenters. The van der Waals surface area contributed by atoms with Crippen LogP contribution < -0.4 is 10.6 Å². The molecule has 0 bridgehead atoms. The molecule has 1 fully saturated rings. The van der Waals surface area contributed by atoms with E-state index >= 15 is 0 Å². The summed E-state index contributed by atoms with van der Waals surface area (Å²) in [6, 6.07) is 7.24. The van der Waals surface area contributed by atoms with E-state index in [-0.39, 0.29) is 18.0 Å². The summed E-state index contributed by atoms with van der Waals surface area (Å²) < 4.78 is 0. The number of hydrogen-bond acceptors (Lipinski definition) is 4. The number of nitrogens with one attached hydrogen (secondary N) is 2. The SMILES string of the molecule is CCC(c1ccccc1O)N1CCNCC1C(=O)NC. The minimum atomic E-state index is -0.196. The molecular weight excluding hydrogens is 254 g/mol. The standard InChI is InChI=1S/C15H23N3O2/c1-3-12(11-6-4-5-7-14(11)19)18-9-8-17-10-13(18)15(20)16-2/h4-7,12-13,17,19H,3,8-10H2,1-2H3,(H,16,20). The molecule has 5 heteroatoms. The van der Waals surface area contributed by atoms with Crippen LogP contribution in [-0.2, 0) is 4.79 Å². The van der Waals surface area contributed by atoms with Gasteiger partial charge >= 0.3 is 0 Å². The van der Waals surface area contributed by atoms with E-state index in [2.05, 4.69) is 22.5 Å². The van der Waals surface area contributed by atoms with Crippen molar-refractivity contribution in [2.24, 2.45) is 0 Å². The Balaban J connectivity index is 2.29. The van der Waals surface area contributed by atoms with E-state index in [1.165, 1.54) is 0 Å². The maximum atomic E-state index is 12.1. The number of amides is 1. The van der Waals surface area contributed by atoms with E-state index in [4.69, 9.17) is 0 Å². The van der Waals surface area contributed by atoms with Crippen molar-refractivity contribution in [3.05, 3.63) is 29.8 Å². The highest BCUT2D eigenvalue weighted by Crippen LogP contribution is 2.32. The van der Waals surface area contributed by atoms with E-state index in [0.29, 0.717) is 12.3 Å². The van der Waals surface area contributed by atoms with Gasteiger partial charge in [-0.25, -0.2) is 0 Å². The van der Waals surface area contributed by atoms with Crippen molar-refractivity contribution in [1.82, 2.24) is 15.5 Å². The van der Waals surface area contributed by atoms with Gasteiger partial charge in [0.25, 0.3) is 0 Å². The monoisotopic (exact) mass is 277 g/mol. The lowest BCUT2D eigenvalue weighted by Crippen LogP contribution is -2.58. The van der Waals surface area contributed by atoms with E-state index in [0.717, 1.165) is 25.1 Å². The van der Waals surface area contributed by atoms with Gasteiger partial charge in [-0.3, -0.25) is 9.69 Å². The Hall–Kier alpha value is -1.59. The van der Waals surface area contributed by atoms with Crippen LogP contribution in [0.15, 0.2) is 24.3 Å². The van der Waals surface area contributed by atoms with Crippen LogP contribution in [0, 0.1) is 0 Å². The molecular formula is C15H23N3O2. The fourth-order valence-electron chi connectivity index (χ4n) is 2.91. The Labute approximate surface area is 120 Å². The topological polar surface area (TPSA) is 64.6 Å². The molecule has 1 aromatic carbocycles. The van der Waals surface area contributed by atoms with Gasteiger partial charge in [-0.15, -0.1) is 0 Å². The van der Waals surface area contributed by atoms with Crippen LogP contribution in [0.5, 0.6) is 5.75 Å². The lowest BCUT2D eigenvalue weighted by molar-refractivity contribution is -0.127. The number of rotatable bonds is 4. The third-order valence-corrected chi connectivity index (χ3v) is 3.92. The average molecular weight is 277 g/mol. The predicted molar refractivity (Wildman–Crippen MR) is 78.6 cm³/mol. The number of phenols is 1. The van der Waals surface area contributed by atoms with Gasteiger partial charge in [0.15, 0.2) is 0 Å². The summed E-state index contributed by atoms with van der Waals surface area (Å²) in [6.45, 7) is 4.38. The molecule has 1 amide bonds. The number of carbonyl (C=O) groups is 1. The number of aromatic hydroxyl groups is 1. The molecule has 1 aromatic rings. The molecule has 0 spiro atoms. The Bertz CT molecular complexity index is 464. The summed E-state index contributed by atoms with van der Waals surface area (Å²) in [5.74, 6) is 0.319. The van der Waals surface area contributed by atoms with Crippen molar-refractivity contribution in [1.29, 1.82) is 0 Å². The minimum absolute atomic E-state index is 0.0195. The van der Waals surface area contributed by atoms with Gasteiger partial charge in [-0.1, -0.05) is 25.1 Å². The first-order chi connectivity index (χ1) is 9.69. The van der Waals surface area contributed by atoms with Crippen molar-refractivity contribution < 1.29 is 9.90 Å². The highest BCUT2D eigenvalue weighted by Gasteiger charge is 2.33. The normalized spacial score (nSPS) is 21.4. The van der Waals surface area contributed by atoms with E-state index < -0.39 is 0 Å². The maximum Gasteiger partial charge on any atom is 0.238 e. The molecule has 1 aliphatic heterocycles. The van der Waals surface area contributed by atoms with E-state index in [1.807, 2.05) is 18.2 Å². The second-order valence-electron chi connectivity index (χ2n) is 5.05. The van der Waals surface area contributed by atoms with Crippen LogP contribution in [0.2, 0.25) is 0 Å². The van der Waals surface area contributed by atoms with Crippen LogP contribution in [-0.4, -0.2) is 48.6 Å². The molecule has 0 aromatic heterocycles. The number of piperazine rings is 1. The number of benzene rings is 1. The smallest absolute Gasteiger partial charge is 0.238 e. The molecule has 1 aliphatic rings. The molecule has 0 saturated carbocycles. The van der Waals surface area contributed by atoms with Crippen molar-refractivity contribution in [3.8, 4) is 5.75 Å². The zero-order valence-corrected chi connectivity index (χ0v) is 12.1. The summed E-state index contributed by atoms with van der Waals surface area (Å²) in [4.78, 5) is 14.2. The highest BCUT2D eigenvalue weighted by molar-refractivity contribution is 5.82. The highest BCUT2D eigenvalue weighted by atomic mass is 16.3. The zero-order chi connectivity index (χ0) is 14.5. The Morgan fingerprint density at radius 1 is 1.55 bits per heavy atom. The largest absolute Gasteiger partial charge is 0.508 e. The van der Waals surface area contributed by atoms with E-state index in [1.54, 1.807) is 13.1 Å². The fraction of sp³-hybridized carbons (Fsp3) is 0.533. The Morgan fingerprint density at radius 3 is 2.95 bits per heavy atom. The third-order valence-electron chi connectivity index (χ3n) is 3.92. The fourth-order valence-corrected chi connectivity index (χ4v) is 2.91. The summed E-state index contributed by atoms with van der Waals surface area (Å²) in [6.07, 6.45) is 0.852. The molecule has 2 atom stereocenters. The number of carbonyl (C=O) groups excluding carboxylic acids is 1. The number of nitrogens with zero attached hydrogens (tertiary/aromatic N) is 1. The summed E-state index contributed by atoms with van der Waals surface area (Å²) in [7, 11) is 1.66. The first-order valence-corrected chi connectivity index (χ1v) is 7.15. The number of phenolic OH excluding ortho intramolecular Hbond substituents is 1. The molecule has 2 rings (SSSR count). The Kier molecular flexibility index (Phi) is 4.98. The zero-order valence-electron chi connectivity index (χ0n) is 12.1. The molecule has 0 radical (unpaired) electrons. The van der Waals surface area contributed by atoms with Crippen molar-refractivity contribution >= 4 is 5.91 Å². The van der Waals surface area contributed by atoms with E-state index in [9.17, 15) is 9.90 Å².